The van der Waals surface area contributed by atoms with Gasteiger partial charge < -0.3 is 10.2 Å². The van der Waals surface area contributed by atoms with Gasteiger partial charge in [-0.3, -0.25) is 13.9 Å². The van der Waals surface area contributed by atoms with Gasteiger partial charge in [0.1, 0.15) is 12.6 Å². The van der Waals surface area contributed by atoms with E-state index in [0.717, 1.165) is 18.4 Å². The van der Waals surface area contributed by atoms with Crippen molar-refractivity contribution in [3.05, 3.63) is 64.7 Å². The molecule has 2 rings (SSSR count). The van der Waals surface area contributed by atoms with E-state index in [9.17, 15) is 26.8 Å². The summed E-state index contributed by atoms with van der Waals surface area (Å²) in [5.41, 5.74) is 0.346. The standard InChI is InChI=1S/C23H28ClF2N3O4S/c1-5-21(23(31)27-15(2)3)28(13-16-8-6-7-9-18(16)24)22(30)14-29(34(4,32)33)17-10-11-19(25)20(26)12-17/h6-12,15,21H,5,13-14H2,1-4H3,(H,27,31)/t21-/m0/s1. The molecule has 34 heavy (non-hydrogen) atoms. The second kappa shape index (κ2) is 11.6. The Kier molecular flexibility index (Phi) is 9.40. The van der Waals surface area contributed by atoms with E-state index in [1.807, 2.05) is 0 Å². The molecule has 0 radical (unpaired) electrons. The minimum Gasteiger partial charge on any atom is -0.352 e. The Bertz CT molecular complexity index is 1140. The predicted octanol–water partition coefficient (Wildman–Crippen LogP) is 3.72. The number of nitrogens with one attached hydrogen (secondary N) is 1. The number of rotatable bonds is 10. The predicted molar refractivity (Wildman–Crippen MR) is 128 cm³/mol. The number of sulfonamides is 1. The van der Waals surface area contributed by atoms with Crippen molar-refractivity contribution in [1.29, 1.82) is 0 Å². The van der Waals surface area contributed by atoms with Crippen LogP contribution in [0.1, 0.15) is 32.8 Å². The molecular weight excluding hydrogens is 488 g/mol. The van der Waals surface area contributed by atoms with Crippen molar-refractivity contribution in [3.8, 4) is 0 Å². The fourth-order valence-electron chi connectivity index (χ4n) is 3.36. The van der Waals surface area contributed by atoms with Crippen LogP contribution < -0.4 is 9.62 Å². The molecule has 186 valence electrons. The topological polar surface area (TPSA) is 86.8 Å². The molecule has 0 unspecified atom stereocenters. The maximum absolute atomic E-state index is 13.8. The van der Waals surface area contributed by atoms with Crippen molar-refractivity contribution in [3.63, 3.8) is 0 Å². The van der Waals surface area contributed by atoms with Gasteiger partial charge in [0.05, 0.1) is 11.9 Å². The Morgan fingerprint density at radius 2 is 1.74 bits per heavy atom. The molecule has 0 fully saturated rings. The van der Waals surface area contributed by atoms with E-state index in [2.05, 4.69) is 5.32 Å². The maximum atomic E-state index is 13.8. The Hall–Kier alpha value is -2.72. The van der Waals surface area contributed by atoms with Crippen LogP contribution in [0, 0.1) is 11.6 Å². The Morgan fingerprint density at radius 1 is 1.09 bits per heavy atom. The molecule has 2 aromatic carbocycles. The summed E-state index contributed by atoms with van der Waals surface area (Å²) in [6, 6.07) is 8.21. The smallest absolute Gasteiger partial charge is 0.244 e. The van der Waals surface area contributed by atoms with E-state index in [4.69, 9.17) is 11.6 Å². The molecule has 0 heterocycles. The first-order chi connectivity index (χ1) is 15.8. The Morgan fingerprint density at radius 3 is 2.26 bits per heavy atom. The number of hydrogen-bond donors (Lipinski definition) is 1. The van der Waals surface area contributed by atoms with Crippen molar-refractivity contribution >= 4 is 39.1 Å². The van der Waals surface area contributed by atoms with Gasteiger partial charge in [-0.1, -0.05) is 36.7 Å². The number of hydrogen-bond acceptors (Lipinski definition) is 4. The minimum atomic E-state index is -4.06. The van der Waals surface area contributed by atoms with E-state index < -0.39 is 46.1 Å². The number of halogens is 3. The van der Waals surface area contributed by atoms with Gasteiger partial charge in [0, 0.05) is 23.7 Å². The molecule has 2 amide bonds. The molecular formula is C23H28ClF2N3O4S. The number of carbonyl (C=O) groups is 2. The summed E-state index contributed by atoms with van der Waals surface area (Å²) in [4.78, 5) is 27.6. The molecule has 0 spiro atoms. The first-order valence-corrected chi connectivity index (χ1v) is 12.8. The van der Waals surface area contributed by atoms with Crippen LogP contribution in [0.2, 0.25) is 5.02 Å². The normalized spacial score (nSPS) is 12.4. The lowest BCUT2D eigenvalue weighted by molar-refractivity contribution is -0.140. The zero-order valence-corrected chi connectivity index (χ0v) is 21.0. The molecule has 2 aromatic rings. The summed E-state index contributed by atoms with van der Waals surface area (Å²) in [6.45, 7) is 4.50. The summed E-state index contributed by atoms with van der Waals surface area (Å²) < 4.78 is 52.8. The van der Waals surface area contributed by atoms with Crippen LogP contribution in [0.4, 0.5) is 14.5 Å². The van der Waals surface area contributed by atoms with Crippen molar-refractivity contribution in [2.75, 3.05) is 17.1 Å². The molecule has 0 saturated heterocycles. The Balaban J connectivity index is 2.48. The first-order valence-electron chi connectivity index (χ1n) is 10.6. The zero-order chi connectivity index (χ0) is 25.6. The van der Waals surface area contributed by atoms with Gasteiger partial charge in [-0.15, -0.1) is 0 Å². The molecule has 0 saturated carbocycles. The molecule has 0 aliphatic carbocycles. The van der Waals surface area contributed by atoms with Crippen LogP contribution in [0.3, 0.4) is 0 Å². The van der Waals surface area contributed by atoms with Gasteiger partial charge >= 0.3 is 0 Å². The van der Waals surface area contributed by atoms with E-state index in [0.29, 0.717) is 21.0 Å². The molecule has 11 heteroatoms. The largest absolute Gasteiger partial charge is 0.352 e. The third-order valence-corrected chi connectivity index (χ3v) is 6.50. The van der Waals surface area contributed by atoms with Crippen molar-refractivity contribution in [2.24, 2.45) is 0 Å². The third-order valence-electron chi connectivity index (χ3n) is 4.99. The summed E-state index contributed by atoms with van der Waals surface area (Å²) in [5.74, 6) is -3.52. The van der Waals surface area contributed by atoms with Crippen LogP contribution >= 0.6 is 11.6 Å². The maximum Gasteiger partial charge on any atom is 0.244 e. The number of carbonyl (C=O) groups excluding carboxylic acids is 2. The highest BCUT2D eigenvalue weighted by molar-refractivity contribution is 7.92. The van der Waals surface area contributed by atoms with E-state index in [-0.39, 0.29) is 24.7 Å². The summed E-state index contributed by atoms with van der Waals surface area (Å²) in [6.07, 6.45) is 1.10. The van der Waals surface area contributed by atoms with Gasteiger partial charge in [0.2, 0.25) is 21.8 Å². The van der Waals surface area contributed by atoms with Crippen LogP contribution in [0.25, 0.3) is 0 Å². The Labute approximate surface area is 203 Å². The minimum absolute atomic E-state index is 0.0576. The summed E-state index contributed by atoms with van der Waals surface area (Å²) in [5, 5.41) is 3.14. The SMILES string of the molecule is CC[C@@H](C(=O)NC(C)C)N(Cc1ccccc1Cl)C(=O)CN(c1ccc(F)c(F)c1)S(C)(=O)=O. The molecule has 0 aromatic heterocycles. The van der Waals surface area contributed by atoms with Crippen molar-refractivity contribution < 1.29 is 26.8 Å². The number of anilines is 1. The van der Waals surface area contributed by atoms with E-state index in [1.165, 1.54) is 4.90 Å². The van der Waals surface area contributed by atoms with E-state index >= 15 is 0 Å². The quantitative estimate of drug-likeness (QED) is 0.522. The second-order valence-electron chi connectivity index (χ2n) is 8.07. The fraction of sp³-hybridized carbons (Fsp3) is 0.391. The fourth-order valence-corrected chi connectivity index (χ4v) is 4.40. The number of nitrogens with zero attached hydrogens (tertiary/aromatic N) is 2. The average molecular weight is 516 g/mol. The van der Waals surface area contributed by atoms with Crippen LogP contribution in [0.5, 0.6) is 0 Å². The van der Waals surface area contributed by atoms with Gasteiger partial charge in [-0.05, 0) is 44.0 Å². The van der Waals surface area contributed by atoms with Crippen LogP contribution in [-0.4, -0.2) is 50.0 Å². The highest BCUT2D eigenvalue weighted by Crippen LogP contribution is 2.23. The van der Waals surface area contributed by atoms with Gasteiger partial charge in [-0.25, -0.2) is 17.2 Å². The number of benzene rings is 2. The van der Waals surface area contributed by atoms with Crippen molar-refractivity contribution in [1.82, 2.24) is 10.2 Å². The summed E-state index contributed by atoms with van der Waals surface area (Å²) in [7, 11) is -4.06. The molecule has 0 aliphatic heterocycles. The average Bonchev–Trinajstić information content (AvgIpc) is 2.73. The zero-order valence-electron chi connectivity index (χ0n) is 19.4. The third kappa shape index (κ3) is 7.14. The highest BCUT2D eigenvalue weighted by Gasteiger charge is 2.32. The first kappa shape index (κ1) is 27.5. The molecule has 0 bridgehead atoms. The summed E-state index contributed by atoms with van der Waals surface area (Å²) >= 11 is 6.27. The highest BCUT2D eigenvalue weighted by atomic mass is 35.5. The molecule has 0 aliphatic rings. The lowest BCUT2D eigenvalue weighted by Crippen LogP contribution is -2.53. The van der Waals surface area contributed by atoms with Crippen molar-refractivity contribution in [2.45, 2.75) is 45.8 Å². The molecule has 7 nitrogen and oxygen atoms in total. The lowest BCUT2D eigenvalue weighted by Gasteiger charge is -2.33. The lowest BCUT2D eigenvalue weighted by atomic mass is 10.1. The second-order valence-corrected chi connectivity index (χ2v) is 10.4. The monoisotopic (exact) mass is 515 g/mol. The number of amides is 2. The van der Waals surface area contributed by atoms with Crippen LogP contribution in [-0.2, 0) is 26.2 Å². The van der Waals surface area contributed by atoms with Gasteiger partial charge in [-0.2, -0.15) is 0 Å². The van der Waals surface area contributed by atoms with E-state index in [1.54, 1.807) is 45.0 Å². The molecule has 1 N–H and O–H groups in total. The van der Waals surface area contributed by atoms with Gasteiger partial charge in [0.25, 0.3) is 0 Å². The van der Waals surface area contributed by atoms with Crippen LogP contribution in [0.15, 0.2) is 42.5 Å². The van der Waals surface area contributed by atoms with Gasteiger partial charge in [0.15, 0.2) is 11.6 Å². The molecule has 1 atom stereocenters.